The average Bonchev–Trinajstić information content (AvgIpc) is 2.17. The first kappa shape index (κ1) is 9.90. The highest BCUT2D eigenvalue weighted by Gasteiger charge is 2.32. The summed E-state index contributed by atoms with van der Waals surface area (Å²) >= 11 is 0. The zero-order chi connectivity index (χ0) is 10.9. The van der Waals surface area contributed by atoms with Gasteiger partial charge in [0.2, 0.25) is 0 Å². The molecule has 0 amide bonds. The van der Waals surface area contributed by atoms with Crippen molar-refractivity contribution in [3.8, 4) is 0 Å². The van der Waals surface area contributed by atoms with Crippen molar-refractivity contribution in [2.75, 3.05) is 0 Å². The fourth-order valence-electron chi connectivity index (χ4n) is 1.68. The molecular weight excluding hydrogens is 195 g/mol. The first-order chi connectivity index (χ1) is 7.10. The summed E-state index contributed by atoms with van der Waals surface area (Å²) in [5.74, 6) is -0.327. The Hall–Kier alpha value is -1.64. The number of benzene rings is 1. The second-order valence-corrected chi connectivity index (χ2v) is 3.80. The van der Waals surface area contributed by atoms with Gasteiger partial charge in [-0.05, 0) is 24.6 Å². The van der Waals surface area contributed by atoms with Crippen LogP contribution in [0.3, 0.4) is 0 Å². The molecule has 78 valence electrons. The lowest BCUT2D eigenvalue weighted by Gasteiger charge is -2.31. The van der Waals surface area contributed by atoms with Crippen LogP contribution in [0.25, 0.3) is 0 Å². The van der Waals surface area contributed by atoms with Crippen LogP contribution >= 0.6 is 0 Å². The molecule has 1 aliphatic rings. The number of carbonyl (C=O) groups is 1. The highest BCUT2D eigenvalue weighted by molar-refractivity contribution is 5.91. The fourth-order valence-corrected chi connectivity index (χ4v) is 1.68. The van der Waals surface area contributed by atoms with E-state index >= 15 is 0 Å². The van der Waals surface area contributed by atoms with Crippen molar-refractivity contribution in [2.45, 2.75) is 18.9 Å². The van der Waals surface area contributed by atoms with E-state index in [-0.39, 0.29) is 18.0 Å². The first-order valence-corrected chi connectivity index (χ1v) is 4.73. The van der Waals surface area contributed by atoms with E-state index in [2.05, 4.69) is 0 Å². The molecule has 0 bridgehead atoms. The summed E-state index contributed by atoms with van der Waals surface area (Å²) in [5.41, 5.74) is -0.0614. The van der Waals surface area contributed by atoms with Gasteiger partial charge in [0.15, 0.2) is 5.78 Å². The van der Waals surface area contributed by atoms with Gasteiger partial charge in [0.1, 0.15) is 11.4 Å². The van der Waals surface area contributed by atoms with Crippen LogP contribution < -0.4 is 0 Å². The summed E-state index contributed by atoms with van der Waals surface area (Å²) in [6.07, 6.45) is 3.00. The summed E-state index contributed by atoms with van der Waals surface area (Å²) in [7, 11) is 0. The van der Waals surface area contributed by atoms with Crippen molar-refractivity contribution in [2.24, 2.45) is 0 Å². The maximum atomic E-state index is 13.0. The Balaban J connectivity index is 2.37. The van der Waals surface area contributed by atoms with Crippen molar-refractivity contribution in [3.63, 3.8) is 0 Å². The number of halogens is 1. The van der Waals surface area contributed by atoms with Gasteiger partial charge in [0.25, 0.3) is 0 Å². The number of ketones is 1. The van der Waals surface area contributed by atoms with E-state index in [1.54, 1.807) is 19.1 Å². The summed E-state index contributed by atoms with van der Waals surface area (Å²) in [5, 5.41) is 0. The van der Waals surface area contributed by atoms with Crippen LogP contribution in [0.5, 0.6) is 0 Å². The number of ether oxygens (including phenoxy) is 1. The molecular formula is C12H11FO2. The van der Waals surface area contributed by atoms with Crippen LogP contribution in [0.1, 0.15) is 18.9 Å². The summed E-state index contributed by atoms with van der Waals surface area (Å²) in [4.78, 5) is 11.3. The number of hydrogen-bond acceptors (Lipinski definition) is 2. The highest BCUT2D eigenvalue weighted by Crippen LogP contribution is 2.32. The Morgan fingerprint density at radius 2 is 2.27 bits per heavy atom. The van der Waals surface area contributed by atoms with Gasteiger partial charge < -0.3 is 4.74 Å². The van der Waals surface area contributed by atoms with Gasteiger partial charge in [-0.3, -0.25) is 4.79 Å². The fraction of sp³-hybridized carbons (Fsp3) is 0.250. The maximum absolute atomic E-state index is 13.0. The van der Waals surface area contributed by atoms with Crippen molar-refractivity contribution in [3.05, 3.63) is 48.0 Å². The van der Waals surface area contributed by atoms with Gasteiger partial charge in [-0.15, -0.1) is 0 Å². The van der Waals surface area contributed by atoms with Crippen molar-refractivity contribution < 1.29 is 13.9 Å². The Bertz CT molecular complexity index is 425. The van der Waals surface area contributed by atoms with Crippen LogP contribution in [0.2, 0.25) is 0 Å². The topological polar surface area (TPSA) is 26.3 Å². The predicted octanol–water partition coefficient (Wildman–Crippen LogP) is 2.54. The molecule has 0 radical (unpaired) electrons. The third-order valence-corrected chi connectivity index (χ3v) is 2.53. The van der Waals surface area contributed by atoms with E-state index in [0.717, 1.165) is 0 Å². The van der Waals surface area contributed by atoms with E-state index in [0.29, 0.717) is 5.56 Å². The molecule has 0 fully saturated rings. The van der Waals surface area contributed by atoms with Crippen LogP contribution in [-0.2, 0) is 15.1 Å². The number of rotatable bonds is 1. The van der Waals surface area contributed by atoms with Gasteiger partial charge in [-0.1, -0.05) is 12.1 Å². The van der Waals surface area contributed by atoms with E-state index in [1.807, 2.05) is 0 Å². The Morgan fingerprint density at radius 3 is 2.93 bits per heavy atom. The van der Waals surface area contributed by atoms with Gasteiger partial charge >= 0.3 is 0 Å². The third-order valence-electron chi connectivity index (χ3n) is 2.53. The largest absolute Gasteiger partial charge is 0.490 e. The van der Waals surface area contributed by atoms with Gasteiger partial charge in [0, 0.05) is 6.08 Å². The second-order valence-electron chi connectivity index (χ2n) is 3.80. The molecule has 1 aromatic rings. The number of allylic oxidation sites excluding steroid dienone is 1. The van der Waals surface area contributed by atoms with Crippen molar-refractivity contribution in [1.82, 2.24) is 0 Å². The molecule has 0 aromatic heterocycles. The smallest absolute Gasteiger partial charge is 0.163 e. The summed E-state index contributed by atoms with van der Waals surface area (Å²) < 4.78 is 18.4. The quantitative estimate of drug-likeness (QED) is 0.705. The Kier molecular flexibility index (Phi) is 2.31. The average molecular weight is 206 g/mol. The minimum atomic E-state index is -0.742. The molecule has 1 atom stereocenters. The number of hydrogen-bond donors (Lipinski definition) is 0. The molecule has 1 aliphatic heterocycles. The lowest BCUT2D eigenvalue weighted by molar-refractivity contribution is -0.122. The molecule has 3 heteroatoms. The lowest BCUT2D eigenvalue weighted by atomic mass is 9.89. The molecule has 2 rings (SSSR count). The molecule has 1 heterocycles. The first-order valence-electron chi connectivity index (χ1n) is 4.73. The molecule has 0 spiro atoms. The minimum Gasteiger partial charge on any atom is -0.490 e. The van der Waals surface area contributed by atoms with E-state index in [4.69, 9.17) is 4.74 Å². The van der Waals surface area contributed by atoms with Crippen molar-refractivity contribution in [1.29, 1.82) is 0 Å². The molecule has 0 aliphatic carbocycles. The SMILES string of the molecule is CC1(c2cccc(F)c2)CC(=O)C=CO1. The number of carbonyl (C=O) groups excluding carboxylic acids is 1. The van der Waals surface area contributed by atoms with E-state index < -0.39 is 5.60 Å². The minimum absolute atomic E-state index is 0.00647. The molecule has 1 unspecified atom stereocenters. The van der Waals surface area contributed by atoms with Gasteiger partial charge in [-0.2, -0.15) is 0 Å². The maximum Gasteiger partial charge on any atom is 0.163 e. The molecule has 0 saturated heterocycles. The second kappa shape index (κ2) is 3.50. The lowest BCUT2D eigenvalue weighted by Crippen LogP contribution is -2.29. The molecule has 0 saturated carbocycles. The molecule has 0 N–H and O–H groups in total. The molecule has 2 nitrogen and oxygen atoms in total. The van der Waals surface area contributed by atoms with Gasteiger partial charge in [-0.25, -0.2) is 4.39 Å². The van der Waals surface area contributed by atoms with Gasteiger partial charge in [0.05, 0.1) is 12.7 Å². The van der Waals surface area contributed by atoms with Crippen molar-refractivity contribution >= 4 is 5.78 Å². The van der Waals surface area contributed by atoms with Crippen LogP contribution in [0, 0.1) is 5.82 Å². The van der Waals surface area contributed by atoms with Crippen LogP contribution in [0.4, 0.5) is 4.39 Å². The molecule has 1 aromatic carbocycles. The Labute approximate surface area is 87.4 Å². The standard InChI is InChI=1S/C12H11FO2/c1-12(8-11(14)5-6-15-12)9-3-2-4-10(13)7-9/h2-7H,8H2,1H3. The van der Waals surface area contributed by atoms with Crippen LogP contribution in [-0.4, -0.2) is 5.78 Å². The monoisotopic (exact) mass is 206 g/mol. The molecule has 15 heavy (non-hydrogen) atoms. The van der Waals surface area contributed by atoms with E-state index in [9.17, 15) is 9.18 Å². The predicted molar refractivity (Wildman–Crippen MR) is 53.6 cm³/mol. The zero-order valence-corrected chi connectivity index (χ0v) is 8.37. The summed E-state index contributed by atoms with van der Waals surface area (Å²) in [6, 6.07) is 6.14. The highest BCUT2D eigenvalue weighted by atomic mass is 19.1. The third kappa shape index (κ3) is 1.91. The normalized spacial score (nSPS) is 25.1. The van der Waals surface area contributed by atoms with E-state index in [1.165, 1.54) is 24.5 Å². The van der Waals surface area contributed by atoms with Crippen LogP contribution in [0.15, 0.2) is 36.6 Å². The zero-order valence-electron chi connectivity index (χ0n) is 8.37. The summed E-state index contributed by atoms with van der Waals surface area (Å²) in [6.45, 7) is 1.78. The Morgan fingerprint density at radius 1 is 1.47 bits per heavy atom.